The van der Waals surface area contributed by atoms with Gasteiger partial charge in [0.2, 0.25) is 11.8 Å². The quantitative estimate of drug-likeness (QED) is 0.758. The first-order valence-electron chi connectivity index (χ1n) is 9.19. The molecule has 2 amide bonds. The molecule has 1 heterocycles. The van der Waals surface area contributed by atoms with E-state index >= 15 is 0 Å². The van der Waals surface area contributed by atoms with Crippen LogP contribution in [0, 0.1) is 0 Å². The monoisotopic (exact) mass is 384 g/mol. The standard InChI is InChI=1S/C21H24N2O3S/c1-3-8-19(24)22-16-10-7-9-15(13-16)21-23(20(25)14-27-21)17-11-5-6-12-18(17)26-4-2/h5-7,9-13,21H,3-4,8,14H2,1-2H3,(H,22,24)/t21-/m0/s1. The van der Waals surface area contributed by atoms with E-state index in [-0.39, 0.29) is 17.2 Å². The Morgan fingerprint density at radius 2 is 2.04 bits per heavy atom. The highest BCUT2D eigenvalue weighted by atomic mass is 32.2. The lowest BCUT2D eigenvalue weighted by Crippen LogP contribution is -2.28. The van der Waals surface area contributed by atoms with Gasteiger partial charge in [0.05, 0.1) is 18.0 Å². The van der Waals surface area contributed by atoms with Gasteiger partial charge < -0.3 is 10.1 Å². The Balaban J connectivity index is 1.90. The van der Waals surface area contributed by atoms with Gasteiger partial charge in [-0.25, -0.2) is 0 Å². The Morgan fingerprint density at radius 1 is 1.22 bits per heavy atom. The van der Waals surface area contributed by atoms with Crippen molar-refractivity contribution in [1.29, 1.82) is 0 Å². The Morgan fingerprint density at radius 3 is 2.81 bits per heavy atom. The van der Waals surface area contributed by atoms with E-state index in [2.05, 4.69) is 5.32 Å². The number of anilines is 2. The second kappa shape index (κ2) is 8.95. The fourth-order valence-corrected chi connectivity index (χ4v) is 4.24. The highest BCUT2D eigenvalue weighted by Gasteiger charge is 2.35. The lowest BCUT2D eigenvalue weighted by molar-refractivity contribution is -0.116. The van der Waals surface area contributed by atoms with Crippen LogP contribution in [0.3, 0.4) is 0 Å². The van der Waals surface area contributed by atoms with Gasteiger partial charge in [0, 0.05) is 12.1 Å². The van der Waals surface area contributed by atoms with E-state index in [9.17, 15) is 9.59 Å². The van der Waals surface area contributed by atoms with Gasteiger partial charge in [0.15, 0.2) is 0 Å². The maximum Gasteiger partial charge on any atom is 0.238 e. The summed E-state index contributed by atoms with van der Waals surface area (Å²) in [5.41, 5.74) is 2.51. The highest BCUT2D eigenvalue weighted by molar-refractivity contribution is 8.00. The predicted octanol–water partition coefficient (Wildman–Crippen LogP) is 4.60. The zero-order chi connectivity index (χ0) is 19.2. The molecule has 1 saturated heterocycles. The maximum absolute atomic E-state index is 12.6. The van der Waals surface area contributed by atoms with Crippen LogP contribution in [0.5, 0.6) is 5.75 Å². The summed E-state index contributed by atoms with van der Waals surface area (Å²) in [6.45, 7) is 4.44. The molecule has 0 unspecified atom stereocenters. The zero-order valence-corrected chi connectivity index (χ0v) is 16.4. The third-order valence-electron chi connectivity index (χ3n) is 4.23. The number of benzene rings is 2. The normalized spacial score (nSPS) is 16.4. The molecule has 0 spiro atoms. The Labute approximate surface area is 164 Å². The van der Waals surface area contributed by atoms with E-state index in [4.69, 9.17) is 4.74 Å². The summed E-state index contributed by atoms with van der Waals surface area (Å²) in [5, 5.41) is 2.78. The minimum atomic E-state index is -0.151. The van der Waals surface area contributed by atoms with Crippen molar-refractivity contribution in [2.75, 3.05) is 22.6 Å². The van der Waals surface area contributed by atoms with Gasteiger partial charge in [0.1, 0.15) is 11.1 Å². The smallest absolute Gasteiger partial charge is 0.238 e. The van der Waals surface area contributed by atoms with Gasteiger partial charge in [-0.2, -0.15) is 0 Å². The van der Waals surface area contributed by atoms with E-state index in [1.165, 1.54) is 0 Å². The maximum atomic E-state index is 12.6. The van der Waals surface area contributed by atoms with E-state index < -0.39 is 0 Å². The second-order valence-electron chi connectivity index (χ2n) is 6.25. The van der Waals surface area contributed by atoms with E-state index in [0.29, 0.717) is 24.5 Å². The van der Waals surface area contributed by atoms with Crippen LogP contribution in [0.2, 0.25) is 0 Å². The molecule has 1 fully saturated rings. The molecule has 5 nitrogen and oxygen atoms in total. The van der Waals surface area contributed by atoms with Crippen LogP contribution in [0.15, 0.2) is 48.5 Å². The van der Waals surface area contributed by atoms with Crippen molar-refractivity contribution in [3.63, 3.8) is 0 Å². The number of carbonyl (C=O) groups is 2. The van der Waals surface area contributed by atoms with Crippen molar-refractivity contribution in [1.82, 2.24) is 0 Å². The third kappa shape index (κ3) is 4.45. The third-order valence-corrected chi connectivity index (χ3v) is 5.44. The van der Waals surface area contributed by atoms with Gasteiger partial charge in [-0.3, -0.25) is 14.5 Å². The Hall–Kier alpha value is -2.47. The van der Waals surface area contributed by atoms with Crippen LogP contribution in [0.1, 0.15) is 37.6 Å². The van der Waals surface area contributed by atoms with Crippen molar-refractivity contribution in [3.05, 3.63) is 54.1 Å². The summed E-state index contributed by atoms with van der Waals surface area (Å²) in [7, 11) is 0. The number of nitrogens with zero attached hydrogens (tertiary/aromatic N) is 1. The predicted molar refractivity (Wildman–Crippen MR) is 110 cm³/mol. The largest absolute Gasteiger partial charge is 0.492 e. The SMILES string of the molecule is CCCC(=O)Nc1cccc([C@@H]2SCC(=O)N2c2ccccc2OCC)c1. The van der Waals surface area contributed by atoms with Crippen LogP contribution in [-0.2, 0) is 9.59 Å². The molecule has 6 heteroatoms. The molecule has 1 atom stereocenters. The number of para-hydroxylation sites is 2. The minimum absolute atomic E-state index is 0.00310. The second-order valence-corrected chi connectivity index (χ2v) is 7.32. The van der Waals surface area contributed by atoms with Crippen molar-refractivity contribution >= 4 is 35.0 Å². The lowest BCUT2D eigenvalue weighted by atomic mass is 10.1. The molecule has 1 aliphatic heterocycles. The van der Waals surface area contributed by atoms with Gasteiger partial charge in [-0.15, -0.1) is 11.8 Å². The molecule has 0 aliphatic carbocycles. The Kier molecular flexibility index (Phi) is 6.40. The van der Waals surface area contributed by atoms with E-state index in [1.54, 1.807) is 16.7 Å². The van der Waals surface area contributed by atoms with Crippen LogP contribution >= 0.6 is 11.8 Å². The fourth-order valence-electron chi connectivity index (χ4n) is 3.09. The number of carbonyl (C=O) groups excluding carboxylic acids is 2. The van der Waals surface area contributed by atoms with Gasteiger partial charge in [0.25, 0.3) is 0 Å². The average Bonchev–Trinajstić information content (AvgIpc) is 3.04. The van der Waals surface area contributed by atoms with E-state index in [1.807, 2.05) is 62.4 Å². The molecule has 0 bridgehead atoms. The van der Waals surface area contributed by atoms with Crippen LogP contribution < -0.4 is 15.0 Å². The van der Waals surface area contributed by atoms with Crippen molar-refractivity contribution < 1.29 is 14.3 Å². The van der Waals surface area contributed by atoms with Crippen LogP contribution in [0.25, 0.3) is 0 Å². The topological polar surface area (TPSA) is 58.6 Å². The molecule has 0 saturated carbocycles. The molecule has 142 valence electrons. The molecule has 1 aliphatic rings. The van der Waals surface area contributed by atoms with Crippen LogP contribution in [-0.4, -0.2) is 24.2 Å². The van der Waals surface area contributed by atoms with Crippen LogP contribution in [0.4, 0.5) is 11.4 Å². The van der Waals surface area contributed by atoms with Gasteiger partial charge in [-0.1, -0.05) is 31.2 Å². The highest BCUT2D eigenvalue weighted by Crippen LogP contribution is 2.45. The molecule has 2 aromatic rings. The molecular formula is C21H24N2O3S. The first kappa shape index (κ1) is 19.3. The number of thioether (sulfide) groups is 1. The molecule has 3 rings (SSSR count). The van der Waals surface area contributed by atoms with Gasteiger partial charge >= 0.3 is 0 Å². The summed E-state index contributed by atoms with van der Waals surface area (Å²) in [6, 6.07) is 15.3. The molecule has 27 heavy (non-hydrogen) atoms. The number of nitrogens with one attached hydrogen (secondary N) is 1. The summed E-state index contributed by atoms with van der Waals surface area (Å²) in [6.07, 6.45) is 1.30. The number of hydrogen-bond donors (Lipinski definition) is 1. The molecule has 1 N–H and O–H groups in total. The van der Waals surface area contributed by atoms with Crippen molar-refractivity contribution in [2.24, 2.45) is 0 Å². The number of amides is 2. The average molecular weight is 385 g/mol. The molecule has 2 aromatic carbocycles. The zero-order valence-electron chi connectivity index (χ0n) is 15.6. The summed E-state index contributed by atoms with van der Waals surface area (Å²) >= 11 is 1.58. The summed E-state index contributed by atoms with van der Waals surface area (Å²) < 4.78 is 5.73. The molecule has 0 aromatic heterocycles. The minimum Gasteiger partial charge on any atom is -0.492 e. The van der Waals surface area contributed by atoms with Crippen molar-refractivity contribution in [2.45, 2.75) is 32.1 Å². The number of ether oxygens (including phenoxy) is 1. The lowest BCUT2D eigenvalue weighted by Gasteiger charge is -2.26. The first-order chi connectivity index (χ1) is 13.1. The van der Waals surface area contributed by atoms with Crippen molar-refractivity contribution in [3.8, 4) is 5.75 Å². The summed E-state index contributed by atoms with van der Waals surface area (Å²) in [5.74, 6) is 1.17. The number of hydrogen-bond acceptors (Lipinski definition) is 4. The van der Waals surface area contributed by atoms with E-state index in [0.717, 1.165) is 23.4 Å². The number of rotatable bonds is 7. The molecule has 0 radical (unpaired) electrons. The summed E-state index contributed by atoms with van der Waals surface area (Å²) in [4.78, 5) is 26.3. The molecular weight excluding hydrogens is 360 g/mol. The first-order valence-corrected chi connectivity index (χ1v) is 10.2. The van der Waals surface area contributed by atoms with Gasteiger partial charge in [-0.05, 0) is 43.2 Å². The Bertz CT molecular complexity index is 825. The fraction of sp³-hybridized carbons (Fsp3) is 0.333.